The standard InChI is InChI=1S/C24H27N3O6S/c1-5-26-22(29)18(13-21(28)25-17-9-7-16(8-10-17)23(30)33-4)27(24(26)34)14-15-6-11-19(31-2)20(12-15)32-3/h6-12,18H,5,13-14H2,1-4H3,(H,25,28). The Morgan fingerprint density at radius 1 is 1.03 bits per heavy atom. The summed E-state index contributed by atoms with van der Waals surface area (Å²) in [5.74, 6) is 0.129. The van der Waals surface area contributed by atoms with Gasteiger partial charge in [0, 0.05) is 18.8 Å². The lowest BCUT2D eigenvalue weighted by Gasteiger charge is -2.24. The van der Waals surface area contributed by atoms with Crippen molar-refractivity contribution in [2.45, 2.75) is 25.9 Å². The first-order valence-electron chi connectivity index (χ1n) is 10.6. The first-order chi connectivity index (χ1) is 16.3. The second-order valence-corrected chi connectivity index (χ2v) is 7.88. The molecule has 1 fully saturated rings. The van der Waals surface area contributed by atoms with Crippen molar-refractivity contribution < 1.29 is 28.6 Å². The average molecular weight is 486 g/mol. The maximum Gasteiger partial charge on any atom is 0.337 e. The van der Waals surface area contributed by atoms with Crippen LogP contribution in [0.4, 0.5) is 5.69 Å². The molecule has 2 amide bonds. The third-order valence-corrected chi connectivity index (χ3v) is 5.94. The number of nitrogens with one attached hydrogen (secondary N) is 1. The Bertz CT molecular complexity index is 1090. The molecule has 1 atom stereocenters. The smallest absolute Gasteiger partial charge is 0.337 e. The summed E-state index contributed by atoms with van der Waals surface area (Å²) in [7, 11) is 4.41. The van der Waals surface area contributed by atoms with E-state index in [2.05, 4.69) is 10.1 Å². The molecular formula is C24H27N3O6S. The maximum absolute atomic E-state index is 13.0. The summed E-state index contributed by atoms with van der Waals surface area (Å²) in [6, 6.07) is 11.0. The van der Waals surface area contributed by atoms with E-state index in [1.807, 2.05) is 19.1 Å². The van der Waals surface area contributed by atoms with Crippen LogP contribution in [0, 0.1) is 0 Å². The lowest BCUT2D eigenvalue weighted by Crippen LogP contribution is -2.37. The molecule has 2 aromatic carbocycles. The number of methoxy groups -OCH3 is 3. The third kappa shape index (κ3) is 5.28. The number of rotatable bonds is 9. The lowest BCUT2D eigenvalue weighted by molar-refractivity contribution is -0.130. The van der Waals surface area contributed by atoms with Crippen molar-refractivity contribution in [1.82, 2.24) is 9.80 Å². The minimum atomic E-state index is -0.741. The van der Waals surface area contributed by atoms with Gasteiger partial charge in [0.1, 0.15) is 6.04 Å². The van der Waals surface area contributed by atoms with Crippen LogP contribution < -0.4 is 14.8 Å². The number of amides is 2. The van der Waals surface area contributed by atoms with Gasteiger partial charge in [0.15, 0.2) is 16.6 Å². The number of anilines is 1. The molecule has 10 heteroatoms. The highest BCUT2D eigenvalue weighted by atomic mass is 32.1. The number of carbonyl (C=O) groups is 3. The summed E-state index contributed by atoms with van der Waals surface area (Å²) in [5.41, 5.74) is 1.73. The number of esters is 1. The van der Waals surface area contributed by atoms with Crippen molar-refractivity contribution in [3.05, 3.63) is 53.6 Å². The van der Waals surface area contributed by atoms with Gasteiger partial charge < -0.3 is 24.4 Å². The van der Waals surface area contributed by atoms with Crippen LogP contribution in [0.1, 0.15) is 29.3 Å². The van der Waals surface area contributed by atoms with E-state index in [9.17, 15) is 14.4 Å². The van der Waals surface area contributed by atoms with Crippen molar-refractivity contribution in [1.29, 1.82) is 0 Å². The van der Waals surface area contributed by atoms with Gasteiger partial charge in [-0.3, -0.25) is 14.5 Å². The minimum absolute atomic E-state index is 0.0818. The number of hydrogen-bond acceptors (Lipinski definition) is 7. The fourth-order valence-corrected chi connectivity index (χ4v) is 4.14. The highest BCUT2D eigenvalue weighted by molar-refractivity contribution is 7.80. The van der Waals surface area contributed by atoms with E-state index in [1.54, 1.807) is 49.5 Å². The average Bonchev–Trinajstić information content (AvgIpc) is 3.06. The predicted octanol–water partition coefficient (Wildman–Crippen LogP) is 2.84. The molecule has 0 bridgehead atoms. The van der Waals surface area contributed by atoms with Crippen LogP contribution in [0.25, 0.3) is 0 Å². The molecule has 0 aliphatic carbocycles. The molecule has 1 N–H and O–H groups in total. The van der Waals surface area contributed by atoms with Crippen LogP contribution in [0.15, 0.2) is 42.5 Å². The van der Waals surface area contributed by atoms with E-state index < -0.39 is 12.0 Å². The van der Waals surface area contributed by atoms with Gasteiger partial charge in [-0.1, -0.05) is 6.07 Å². The molecule has 0 saturated carbocycles. The number of benzene rings is 2. The van der Waals surface area contributed by atoms with Gasteiger partial charge in [-0.05, 0) is 61.1 Å². The Hall–Kier alpha value is -3.66. The summed E-state index contributed by atoms with van der Waals surface area (Å²) >= 11 is 5.56. The molecule has 1 aliphatic heterocycles. The zero-order valence-corrected chi connectivity index (χ0v) is 20.3. The minimum Gasteiger partial charge on any atom is -0.493 e. The number of nitrogens with zero attached hydrogens (tertiary/aromatic N) is 2. The van der Waals surface area contributed by atoms with Crippen LogP contribution in [0.3, 0.4) is 0 Å². The van der Waals surface area contributed by atoms with Crippen LogP contribution in [0.5, 0.6) is 11.5 Å². The molecule has 1 unspecified atom stereocenters. The number of carbonyl (C=O) groups excluding carboxylic acids is 3. The Balaban J connectivity index is 1.76. The van der Waals surface area contributed by atoms with Gasteiger partial charge in [0.2, 0.25) is 5.91 Å². The topological polar surface area (TPSA) is 97.4 Å². The Labute approximate surface area is 203 Å². The van der Waals surface area contributed by atoms with Crippen LogP contribution in [-0.2, 0) is 20.9 Å². The third-order valence-electron chi connectivity index (χ3n) is 5.49. The van der Waals surface area contributed by atoms with E-state index in [1.165, 1.54) is 12.0 Å². The summed E-state index contributed by atoms with van der Waals surface area (Å²) in [5, 5.41) is 3.15. The summed E-state index contributed by atoms with van der Waals surface area (Å²) in [4.78, 5) is 40.7. The Morgan fingerprint density at radius 2 is 1.71 bits per heavy atom. The summed E-state index contributed by atoms with van der Waals surface area (Å²) in [6.45, 7) is 2.57. The number of thiocarbonyl (C=S) groups is 1. The Morgan fingerprint density at radius 3 is 2.29 bits per heavy atom. The molecule has 1 saturated heterocycles. The molecule has 0 radical (unpaired) electrons. The van der Waals surface area contributed by atoms with Crippen LogP contribution >= 0.6 is 12.2 Å². The van der Waals surface area contributed by atoms with E-state index in [0.717, 1.165) is 5.56 Å². The van der Waals surface area contributed by atoms with E-state index in [-0.39, 0.29) is 18.2 Å². The molecule has 180 valence electrons. The van der Waals surface area contributed by atoms with Gasteiger partial charge in [0.25, 0.3) is 5.91 Å². The van der Waals surface area contributed by atoms with E-state index >= 15 is 0 Å². The van der Waals surface area contributed by atoms with Crippen molar-refractivity contribution >= 4 is 40.8 Å². The normalized spacial score (nSPS) is 15.4. The fourth-order valence-electron chi connectivity index (χ4n) is 3.73. The molecule has 1 aliphatic rings. The zero-order chi connectivity index (χ0) is 24.8. The van der Waals surface area contributed by atoms with Crippen molar-refractivity contribution in [3.63, 3.8) is 0 Å². The first kappa shape index (κ1) is 25.0. The maximum atomic E-state index is 13.0. The fraction of sp³-hybridized carbons (Fsp3) is 0.333. The second kappa shape index (κ2) is 11.0. The van der Waals surface area contributed by atoms with Crippen LogP contribution in [-0.4, -0.2) is 66.6 Å². The highest BCUT2D eigenvalue weighted by Crippen LogP contribution is 2.30. The van der Waals surface area contributed by atoms with Gasteiger partial charge >= 0.3 is 5.97 Å². The number of ether oxygens (including phenoxy) is 3. The first-order valence-corrected chi connectivity index (χ1v) is 11.0. The molecule has 9 nitrogen and oxygen atoms in total. The predicted molar refractivity (Wildman–Crippen MR) is 130 cm³/mol. The molecule has 3 rings (SSSR count). The highest BCUT2D eigenvalue weighted by Gasteiger charge is 2.42. The molecule has 0 spiro atoms. The van der Waals surface area contributed by atoms with Gasteiger partial charge in [-0.15, -0.1) is 0 Å². The Kier molecular flexibility index (Phi) is 8.06. The van der Waals surface area contributed by atoms with Gasteiger partial charge in [0.05, 0.1) is 33.3 Å². The molecular weight excluding hydrogens is 458 g/mol. The lowest BCUT2D eigenvalue weighted by atomic mass is 10.1. The second-order valence-electron chi connectivity index (χ2n) is 7.52. The van der Waals surface area contributed by atoms with Crippen LogP contribution in [0.2, 0.25) is 0 Å². The number of likely N-dealkylation sites (N-methyl/N-ethyl adjacent to an activating group) is 1. The quantitative estimate of drug-likeness (QED) is 0.428. The molecule has 34 heavy (non-hydrogen) atoms. The molecule has 2 aromatic rings. The van der Waals surface area contributed by atoms with Crippen molar-refractivity contribution in [2.75, 3.05) is 33.2 Å². The van der Waals surface area contributed by atoms with Gasteiger partial charge in [-0.25, -0.2) is 4.79 Å². The SMILES string of the molecule is CCN1C(=O)C(CC(=O)Nc2ccc(C(=O)OC)cc2)N(Cc2ccc(OC)c(OC)c2)C1=S. The molecule has 0 aromatic heterocycles. The zero-order valence-electron chi connectivity index (χ0n) is 19.5. The van der Waals surface area contributed by atoms with Crippen molar-refractivity contribution in [2.24, 2.45) is 0 Å². The van der Waals surface area contributed by atoms with Crippen molar-refractivity contribution in [3.8, 4) is 11.5 Å². The summed E-state index contributed by atoms with van der Waals surface area (Å²) < 4.78 is 15.3. The van der Waals surface area contributed by atoms with E-state index in [4.69, 9.17) is 21.7 Å². The van der Waals surface area contributed by atoms with E-state index in [0.29, 0.717) is 41.0 Å². The largest absolute Gasteiger partial charge is 0.493 e. The molecule has 1 heterocycles. The van der Waals surface area contributed by atoms with Gasteiger partial charge in [-0.2, -0.15) is 0 Å². The summed E-state index contributed by atoms with van der Waals surface area (Å²) in [6.07, 6.45) is -0.0818. The number of hydrogen-bond donors (Lipinski definition) is 1. The monoisotopic (exact) mass is 485 g/mol.